The number of nitrogens with zero attached hydrogens (tertiary/aromatic N) is 1. The van der Waals surface area contributed by atoms with Crippen LogP contribution >= 0.6 is 35.3 Å². The van der Waals surface area contributed by atoms with Crippen molar-refractivity contribution in [3.63, 3.8) is 0 Å². The predicted octanol–water partition coefficient (Wildman–Crippen LogP) is 3.96. The van der Waals surface area contributed by atoms with Crippen molar-refractivity contribution < 1.29 is 4.39 Å². The number of halogens is 3. The molecule has 1 fully saturated rings. The van der Waals surface area contributed by atoms with E-state index in [9.17, 15) is 4.39 Å². The van der Waals surface area contributed by atoms with Crippen molar-refractivity contribution in [1.29, 1.82) is 0 Å². The Morgan fingerprint density at radius 1 is 1.24 bits per heavy atom. The number of piperazine rings is 1. The minimum Gasteiger partial charge on any atom is -0.314 e. The lowest BCUT2D eigenvalue weighted by Gasteiger charge is -2.35. The van der Waals surface area contributed by atoms with E-state index in [0.29, 0.717) is 5.56 Å². The molecule has 1 saturated heterocycles. The van der Waals surface area contributed by atoms with Crippen molar-refractivity contribution in [2.45, 2.75) is 6.04 Å². The largest absolute Gasteiger partial charge is 0.314 e. The van der Waals surface area contributed by atoms with Crippen molar-refractivity contribution in [2.24, 2.45) is 0 Å². The van der Waals surface area contributed by atoms with E-state index in [1.807, 2.05) is 17.5 Å². The molecule has 1 aliphatic rings. The minimum atomic E-state index is -0.302. The van der Waals surface area contributed by atoms with E-state index in [1.165, 1.54) is 0 Å². The lowest BCUT2D eigenvalue weighted by molar-refractivity contribution is 0.195. The highest BCUT2D eigenvalue weighted by molar-refractivity contribution is 7.08. The third kappa shape index (κ3) is 3.58. The second kappa shape index (κ2) is 7.56. The summed E-state index contributed by atoms with van der Waals surface area (Å²) < 4.78 is 14.4. The summed E-state index contributed by atoms with van der Waals surface area (Å²) in [6.07, 6.45) is 0. The molecular weight excluding hydrogens is 330 g/mol. The number of hydrogen-bond acceptors (Lipinski definition) is 3. The van der Waals surface area contributed by atoms with E-state index in [-0.39, 0.29) is 29.3 Å². The molecule has 0 unspecified atom stereocenters. The van der Waals surface area contributed by atoms with Crippen LogP contribution in [0.5, 0.6) is 0 Å². The van der Waals surface area contributed by atoms with Gasteiger partial charge in [0.15, 0.2) is 0 Å². The standard InChI is InChI=1S/C15H16ClFN2S.ClH/c16-13-3-1-2-12(14(13)17)15(11-4-9-20-10-11)19-7-5-18-6-8-19;/h1-4,9-10,15,18H,5-8H2;1H/t15-;/m1./s1. The van der Waals surface area contributed by atoms with Crippen LogP contribution < -0.4 is 5.32 Å². The Labute approximate surface area is 139 Å². The van der Waals surface area contributed by atoms with E-state index in [2.05, 4.69) is 21.7 Å². The Morgan fingerprint density at radius 3 is 2.67 bits per heavy atom. The lowest BCUT2D eigenvalue weighted by atomic mass is 9.98. The zero-order chi connectivity index (χ0) is 13.9. The van der Waals surface area contributed by atoms with E-state index >= 15 is 0 Å². The van der Waals surface area contributed by atoms with Gasteiger partial charge < -0.3 is 5.32 Å². The molecule has 0 bridgehead atoms. The fraction of sp³-hybridized carbons (Fsp3) is 0.333. The maximum Gasteiger partial charge on any atom is 0.146 e. The van der Waals surface area contributed by atoms with E-state index in [1.54, 1.807) is 17.4 Å². The van der Waals surface area contributed by atoms with Crippen LogP contribution in [0.3, 0.4) is 0 Å². The minimum absolute atomic E-state index is 0. The number of rotatable bonds is 3. The molecule has 0 saturated carbocycles. The molecule has 0 radical (unpaired) electrons. The Hall–Kier alpha value is -0.650. The van der Waals surface area contributed by atoms with E-state index < -0.39 is 0 Å². The number of nitrogens with one attached hydrogen (secondary N) is 1. The summed E-state index contributed by atoms with van der Waals surface area (Å²) in [6.45, 7) is 3.69. The Morgan fingerprint density at radius 2 is 2.00 bits per heavy atom. The van der Waals surface area contributed by atoms with Crippen LogP contribution in [0, 0.1) is 5.82 Å². The Kier molecular flexibility index (Phi) is 6.02. The summed E-state index contributed by atoms with van der Waals surface area (Å²) in [4.78, 5) is 2.31. The summed E-state index contributed by atoms with van der Waals surface area (Å²) in [5, 5.41) is 7.65. The normalized spacial score (nSPS) is 17.2. The molecule has 1 atom stereocenters. The van der Waals surface area contributed by atoms with Gasteiger partial charge in [-0.2, -0.15) is 11.3 Å². The molecule has 21 heavy (non-hydrogen) atoms. The summed E-state index contributed by atoms with van der Waals surface area (Å²) >= 11 is 7.59. The molecule has 0 spiro atoms. The molecule has 3 rings (SSSR count). The number of thiophene rings is 1. The van der Waals surface area contributed by atoms with Crippen LogP contribution in [0.1, 0.15) is 17.2 Å². The van der Waals surface area contributed by atoms with E-state index in [4.69, 9.17) is 11.6 Å². The Bertz CT molecular complexity index is 571. The van der Waals surface area contributed by atoms with Crippen LogP contribution in [-0.4, -0.2) is 31.1 Å². The Balaban J connectivity index is 0.00000161. The van der Waals surface area contributed by atoms with Crippen molar-refractivity contribution in [3.05, 3.63) is 57.0 Å². The summed E-state index contributed by atoms with van der Waals surface area (Å²) in [5.41, 5.74) is 1.80. The second-order valence-corrected chi connectivity index (χ2v) is 6.08. The van der Waals surface area contributed by atoms with Crippen LogP contribution in [-0.2, 0) is 0 Å². The fourth-order valence-electron chi connectivity index (χ4n) is 2.69. The van der Waals surface area contributed by atoms with Crippen molar-refractivity contribution in [1.82, 2.24) is 10.2 Å². The van der Waals surface area contributed by atoms with E-state index in [0.717, 1.165) is 31.7 Å². The molecule has 2 nitrogen and oxygen atoms in total. The number of benzene rings is 1. The van der Waals surface area contributed by atoms with Gasteiger partial charge in [-0.05, 0) is 28.5 Å². The van der Waals surface area contributed by atoms with Gasteiger partial charge in [0, 0.05) is 31.7 Å². The topological polar surface area (TPSA) is 15.3 Å². The van der Waals surface area contributed by atoms with Gasteiger partial charge >= 0.3 is 0 Å². The van der Waals surface area contributed by atoms with Gasteiger partial charge in [0.1, 0.15) is 5.82 Å². The zero-order valence-corrected chi connectivity index (χ0v) is 13.8. The second-order valence-electron chi connectivity index (χ2n) is 4.89. The first kappa shape index (κ1) is 16.7. The quantitative estimate of drug-likeness (QED) is 0.904. The molecular formula is C15H17Cl2FN2S. The van der Waals surface area contributed by atoms with Crippen LogP contribution in [0.15, 0.2) is 35.0 Å². The molecule has 1 aromatic heterocycles. The SMILES string of the molecule is Cl.Fc1c(Cl)cccc1[C@@H](c1ccsc1)N1CCNCC1. The van der Waals surface area contributed by atoms with Gasteiger partial charge in [-0.15, -0.1) is 12.4 Å². The molecule has 0 aliphatic carbocycles. The van der Waals surface area contributed by atoms with Crippen molar-refractivity contribution >= 4 is 35.3 Å². The maximum absolute atomic E-state index is 14.4. The van der Waals surface area contributed by atoms with Gasteiger partial charge in [0.25, 0.3) is 0 Å². The van der Waals surface area contributed by atoms with Crippen LogP contribution in [0.25, 0.3) is 0 Å². The first-order valence-corrected chi connectivity index (χ1v) is 8.00. The molecule has 6 heteroatoms. The molecule has 1 N–H and O–H groups in total. The zero-order valence-electron chi connectivity index (χ0n) is 11.4. The first-order chi connectivity index (χ1) is 9.77. The highest BCUT2D eigenvalue weighted by atomic mass is 35.5. The van der Waals surface area contributed by atoms with Gasteiger partial charge in [0.05, 0.1) is 11.1 Å². The molecule has 1 aliphatic heterocycles. The highest BCUT2D eigenvalue weighted by Crippen LogP contribution is 2.33. The number of hydrogen-bond donors (Lipinski definition) is 1. The van der Waals surface area contributed by atoms with Crippen LogP contribution in [0.2, 0.25) is 5.02 Å². The summed E-state index contributed by atoms with van der Waals surface area (Å²) in [5.74, 6) is -0.302. The summed E-state index contributed by atoms with van der Waals surface area (Å²) in [7, 11) is 0. The van der Waals surface area contributed by atoms with Crippen LogP contribution in [0.4, 0.5) is 4.39 Å². The molecule has 1 aromatic carbocycles. The molecule has 0 amide bonds. The maximum atomic E-state index is 14.4. The van der Waals surface area contributed by atoms with Gasteiger partial charge in [-0.25, -0.2) is 4.39 Å². The van der Waals surface area contributed by atoms with Gasteiger partial charge in [-0.1, -0.05) is 23.7 Å². The average molecular weight is 347 g/mol. The molecule has 114 valence electrons. The predicted molar refractivity (Wildman–Crippen MR) is 89.3 cm³/mol. The third-order valence-electron chi connectivity index (χ3n) is 3.65. The van der Waals surface area contributed by atoms with Crippen molar-refractivity contribution in [2.75, 3.05) is 26.2 Å². The summed E-state index contributed by atoms with van der Waals surface area (Å²) in [6, 6.07) is 7.27. The lowest BCUT2D eigenvalue weighted by Crippen LogP contribution is -2.45. The monoisotopic (exact) mass is 346 g/mol. The highest BCUT2D eigenvalue weighted by Gasteiger charge is 2.27. The smallest absolute Gasteiger partial charge is 0.146 e. The van der Waals surface area contributed by atoms with Gasteiger partial charge in [-0.3, -0.25) is 4.90 Å². The fourth-order valence-corrected chi connectivity index (χ4v) is 3.55. The first-order valence-electron chi connectivity index (χ1n) is 6.68. The third-order valence-corrected chi connectivity index (χ3v) is 4.65. The van der Waals surface area contributed by atoms with Crippen molar-refractivity contribution in [3.8, 4) is 0 Å². The average Bonchev–Trinajstić information content (AvgIpc) is 2.99. The van der Waals surface area contributed by atoms with Gasteiger partial charge in [0.2, 0.25) is 0 Å². The molecule has 2 aromatic rings. The molecule has 2 heterocycles.